The summed E-state index contributed by atoms with van der Waals surface area (Å²) in [4.78, 5) is 39.1. The Hall–Kier alpha value is -2.57. The van der Waals surface area contributed by atoms with E-state index in [4.69, 9.17) is 37.9 Å². The minimum Gasteiger partial charge on any atom is -0.479 e. The standard InChI is InChI=1S/C54H86O24/c1-21(2)45(70)78-42-43(71-22(3)58)54(20-57)24(17-49(42,4)5)23-11-12-28-51(8)15-14-29(50(6,7)27(51)13-16-52(28,9)53(23,10)40(66)41(54)67)74-48-39(77-47-35(64)33(62)31(60)26(19-56)73-47)37(36(65)38(76-48)44(68)69)75-46-34(63)32(61)30(59)25(18-55)72-46/h11,21,24-43,46-48,55-57,59-67H,12-20H2,1-10H3,(H,68,69). The van der Waals surface area contributed by atoms with Crippen molar-refractivity contribution in [2.45, 2.75) is 230 Å². The lowest BCUT2D eigenvalue weighted by Gasteiger charge is -2.73. The summed E-state index contributed by atoms with van der Waals surface area (Å²) < 4.78 is 48.6. The Morgan fingerprint density at radius 3 is 1.73 bits per heavy atom. The fraction of sp³-hybridized carbons (Fsp3) is 0.907. The second-order valence-electron chi connectivity index (χ2n) is 25.9. The van der Waals surface area contributed by atoms with Crippen LogP contribution in [0.3, 0.4) is 0 Å². The molecular formula is C54H86O24. The topological polar surface area (TPSA) is 388 Å². The summed E-state index contributed by atoms with van der Waals surface area (Å²) >= 11 is 0. The molecule has 8 rings (SSSR count). The Labute approximate surface area is 453 Å². The molecule has 24 nitrogen and oxygen atoms in total. The van der Waals surface area contributed by atoms with Crippen LogP contribution in [0.1, 0.15) is 108 Å². The molecule has 0 radical (unpaired) electrons. The fourth-order valence-electron chi connectivity index (χ4n) is 16.2. The van der Waals surface area contributed by atoms with Crippen LogP contribution in [0, 0.1) is 56.2 Å². The number of carbonyl (C=O) groups is 3. The van der Waals surface area contributed by atoms with Gasteiger partial charge < -0.3 is 104 Å². The average molecular weight is 1120 g/mol. The predicted molar refractivity (Wildman–Crippen MR) is 264 cm³/mol. The minimum absolute atomic E-state index is 0.155. The smallest absolute Gasteiger partial charge is 0.335 e. The highest BCUT2D eigenvalue weighted by atomic mass is 16.8. The molecule has 0 aromatic rings. The van der Waals surface area contributed by atoms with E-state index in [-0.39, 0.29) is 11.8 Å². The molecule has 27 unspecified atom stereocenters. The number of carbonyl (C=O) groups excluding carboxylic acids is 2. The summed E-state index contributed by atoms with van der Waals surface area (Å²) in [7, 11) is 0. The van der Waals surface area contributed by atoms with Gasteiger partial charge in [-0.3, -0.25) is 9.59 Å². The molecule has 78 heavy (non-hydrogen) atoms. The number of esters is 2. The van der Waals surface area contributed by atoms with E-state index in [0.717, 1.165) is 5.57 Å². The number of hydrogen-bond donors (Lipinski definition) is 13. The van der Waals surface area contributed by atoms with Crippen LogP contribution in [0.2, 0.25) is 0 Å². The largest absolute Gasteiger partial charge is 0.479 e. The Balaban J connectivity index is 1.13. The summed E-state index contributed by atoms with van der Waals surface area (Å²) in [6.45, 7) is 16.2. The molecule has 0 spiro atoms. The van der Waals surface area contributed by atoms with E-state index in [1.165, 1.54) is 6.92 Å². The molecule has 27 atom stereocenters. The summed E-state index contributed by atoms with van der Waals surface area (Å²) in [5, 5.41) is 144. The van der Waals surface area contributed by atoms with Crippen molar-refractivity contribution in [2.24, 2.45) is 56.2 Å². The van der Waals surface area contributed by atoms with Crippen LogP contribution in [-0.4, -0.2) is 227 Å². The van der Waals surface area contributed by atoms with Crippen LogP contribution in [-0.2, 0) is 52.3 Å². The lowest BCUT2D eigenvalue weighted by Crippen LogP contribution is -2.76. The van der Waals surface area contributed by atoms with Gasteiger partial charge in [-0.05, 0) is 72.5 Å². The molecule has 4 saturated carbocycles. The maximum Gasteiger partial charge on any atom is 0.335 e. The molecule has 0 amide bonds. The number of hydrogen-bond acceptors (Lipinski definition) is 23. The van der Waals surface area contributed by atoms with Crippen LogP contribution < -0.4 is 0 Å². The number of carboxylic acids is 1. The summed E-state index contributed by atoms with van der Waals surface area (Å²) in [5.41, 5.74) is -4.87. The van der Waals surface area contributed by atoms with Gasteiger partial charge in [0.2, 0.25) is 0 Å². The number of fused-ring (bicyclic) bond motifs is 7. The molecule has 3 saturated heterocycles. The zero-order chi connectivity index (χ0) is 57.9. The Morgan fingerprint density at radius 2 is 1.22 bits per heavy atom. The quantitative estimate of drug-likeness (QED) is 0.0559. The first-order chi connectivity index (χ1) is 36.3. The molecule has 3 heterocycles. The van der Waals surface area contributed by atoms with Gasteiger partial charge in [0.05, 0.1) is 49.5 Å². The first-order valence-electron chi connectivity index (χ1n) is 27.5. The van der Waals surface area contributed by atoms with E-state index in [0.29, 0.717) is 38.5 Å². The van der Waals surface area contributed by atoms with Gasteiger partial charge in [-0.1, -0.05) is 74.0 Å². The molecule has 0 bridgehead atoms. The van der Waals surface area contributed by atoms with Crippen LogP contribution in [0.15, 0.2) is 11.6 Å². The number of allylic oxidation sites excluding steroid dienone is 1. The van der Waals surface area contributed by atoms with Crippen LogP contribution in [0.5, 0.6) is 0 Å². The molecule has 24 heteroatoms. The summed E-state index contributed by atoms with van der Waals surface area (Å²) in [6.07, 6.45) is -30.2. The van der Waals surface area contributed by atoms with E-state index in [2.05, 4.69) is 19.9 Å². The normalized spacial score (nSPS) is 50.7. The lowest BCUT2D eigenvalue weighted by molar-refractivity contribution is -0.396. The molecule has 13 N–H and O–H groups in total. The lowest BCUT2D eigenvalue weighted by atomic mass is 9.32. The third-order valence-corrected chi connectivity index (χ3v) is 20.7. The van der Waals surface area contributed by atoms with Gasteiger partial charge in [-0.25, -0.2) is 4.79 Å². The van der Waals surface area contributed by atoms with Crippen molar-refractivity contribution in [2.75, 3.05) is 19.8 Å². The Kier molecular flexibility index (Phi) is 17.3. The van der Waals surface area contributed by atoms with Crippen LogP contribution in [0.25, 0.3) is 0 Å². The van der Waals surface area contributed by atoms with Gasteiger partial charge in [0.1, 0.15) is 73.2 Å². The van der Waals surface area contributed by atoms with E-state index >= 15 is 0 Å². The molecule has 446 valence electrons. The van der Waals surface area contributed by atoms with Crippen molar-refractivity contribution in [3.8, 4) is 0 Å². The summed E-state index contributed by atoms with van der Waals surface area (Å²) in [6, 6.07) is 0. The second-order valence-corrected chi connectivity index (χ2v) is 25.9. The van der Waals surface area contributed by atoms with Crippen molar-refractivity contribution >= 4 is 17.9 Å². The van der Waals surface area contributed by atoms with Crippen LogP contribution >= 0.6 is 0 Å². The summed E-state index contributed by atoms with van der Waals surface area (Å²) in [5.74, 6) is -4.45. The Morgan fingerprint density at radius 1 is 0.654 bits per heavy atom. The van der Waals surface area contributed by atoms with Crippen molar-refractivity contribution < 1.29 is 119 Å². The van der Waals surface area contributed by atoms with E-state index in [9.17, 15) is 80.8 Å². The first-order valence-corrected chi connectivity index (χ1v) is 27.5. The fourth-order valence-corrected chi connectivity index (χ4v) is 16.2. The number of aliphatic carboxylic acids is 1. The molecular weight excluding hydrogens is 1030 g/mol. The maximum atomic E-state index is 13.3. The SMILES string of the molecule is CC(=O)OC1C(OC(=O)C(C)C)C(C)(C)CC2C3=CCC4C5(C)CCC(OC6OC(C(=O)O)C(O)C(OC7OC(CO)C(O)C(O)C7O)C6OC6OC(CO)C(O)C(O)C6O)C(C)(C)C5CCC4(C)C3(C)C(O)C(O)C21CO. The van der Waals surface area contributed by atoms with Gasteiger partial charge in [-0.15, -0.1) is 0 Å². The first kappa shape index (κ1) is 61.5. The molecule has 8 aliphatic rings. The third kappa shape index (κ3) is 9.49. The molecule has 7 fully saturated rings. The molecule has 5 aliphatic carbocycles. The zero-order valence-electron chi connectivity index (χ0n) is 46.1. The maximum absolute atomic E-state index is 13.3. The number of rotatable bonds is 13. The number of aliphatic hydroxyl groups excluding tert-OH is 12. The Bertz CT molecular complexity index is 2220. The van der Waals surface area contributed by atoms with Gasteiger partial charge in [-0.2, -0.15) is 0 Å². The van der Waals surface area contributed by atoms with Gasteiger partial charge in [0.15, 0.2) is 31.1 Å². The highest BCUT2D eigenvalue weighted by molar-refractivity contribution is 5.73. The monoisotopic (exact) mass is 1120 g/mol. The number of ether oxygens (including phenoxy) is 8. The zero-order valence-corrected chi connectivity index (χ0v) is 46.1. The van der Waals surface area contributed by atoms with Gasteiger partial charge in [0, 0.05) is 17.8 Å². The highest BCUT2D eigenvalue weighted by Crippen LogP contribution is 2.76. The van der Waals surface area contributed by atoms with Crippen molar-refractivity contribution in [1.82, 2.24) is 0 Å². The van der Waals surface area contributed by atoms with Crippen molar-refractivity contribution in [1.29, 1.82) is 0 Å². The number of aliphatic hydroxyl groups is 12. The van der Waals surface area contributed by atoms with Crippen molar-refractivity contribution in [3.63, 3.8) is 0 Å². The van der Waals surface area contributed by atoms with Gasteiger partial charge >= 0.3 is 17.9 Å². The molecule has 0 aromatic carbocycles. The van der Waals surface area contributed by atoms with Crippen molar-refractivity contribution in [3.05, 3.63) is 11.6 Å². The van der Waals surface area contributed by atoms with E-state index in [1.807, 2.05) is 34.6 Å². The average Bonchev–Trinajstić information content (AvgIpc) is 2.68. The van der Waals surface area contributed by atoms with Gasteiger partial charge in [0.25, 0.3) is 0 Å². The number of carboxylic acid groups (broad SMARTS) is 1. The highest BCUT2D eigenvalue weighted by Gasteiger charge is 2.76. The van der Waals surface area contributed by atoms with E-state index in [1.54, 1.807) is 13.8 Å². The second kappa shape index (κ2) is 21.9. The predicted octanol–water partition coefficient (Wildman–Crippen LogP) is -1.63. The molecule has 0 aromatic heterocycles. The minimum atomic E-state index is -2.19. The van der Waals surface area contributed by atoms with E-state index < -0.39 is 205 Å². The molecule has 3 aliphatic heterocycles. The third-order valence-electron chi connectivity index (χ3n) is 20.7. The van der Waals surface area contributed by atoms with Crippen LogP contribution in [0.4, 0.5) is 0 Å².